The molecule has 0 aliphatic heterocycles. The zero-order valence-electron chi connectivity index (χ0n) is 12.4. The Morgan fingerprint density at radius 2 is 2.24 bits per heavy atom. The topological polar surface area (TPSA) is 80.0 Å². The van der Waals surface area contributed by atoms with Crippen LogP contribution in [0.3, 0.4) is 0 Å². The van der Waals surface area contributed by atoms with Crippen molar-refractivity contribution >= 4 is 28.6 Å². The van der Waals surface area contributed by atoms with Gasteiger partial charge in [-0.1, -0.05) is 0 Å². The molecule has 0 saturated heterocycles. The summed E-state index contributed by atoms with van der Waals surface area (Å²) in [5.41, 5.74) is 7.94. The third-order valence-electron chi connectivity index (χ3n) is 3.03. The van der Waals surface area contributed by atoms with E-state index in [0.717, 1.165) is 10.7 Å². The number of hydrogen-bond acceptors (Lipinski definition) is 5. The van der Waals surface area contributed by atoms with Gasteiger partial charge in [0, 0.05) is 23.2 Å². The maximum absolute atomic E-state index is 11.9. The molecule has 4 N–H and O–H groups in total. The number of hydrogen-bond donors (Lipinski definition) is 3. The van der Waals surface area contributed by atoms with E-state index in [1.54, 1.807) is 29.5 Å². The molecular formula is C15H20N4OS. The maximum Gasteiger partial charge on any atom is 0.251 e. The molecule has 21 heavy (non-hydrogen) atoms. The van der Waals surface area contributed by atoms with Crippen LogP contribution in [0.1, 0.15) is 40.1 Å². The maximum atomic E-state index is 11.9. The molecule has 5 nitrogen and oxygen atoms in total. The van der Waals surface area contributed by atoms with Crippen molar-refractivity contribution in [2.24, 2.45) is 0 Å². The summed E-state index contributed by atoms with van der Waals surface area (Å²) in [6.07, 6.45) is 1.85. The molecular weight excluding hydrogens is 284 g/mol. The van der Waals surface area contributed by atoms with Crippen LogP contribution in [0.4, 0.5) is 11.4 Å². The van der Waals surface area contributed by atoms with Crippen molar-refractivity contribution in [1.82, 2.24) is 10.3 Å². The standard InChI is InChI=1S/C15H20N4OS/c1-4-17-14(20)11-5-6-12(16)13(7-11)19-10(3)15-18-8-9(2)21-15/h5-8,10,19H,4,16H2,1-3H3,(H,17,20). The Morgan fingerprint density at radius 1 is 1.48 bits per heavy atom. The van der Waals surface area contributed by atoms with E-state index in [1.165, 1.54) is 4.88 Å². The molecule has 0 radical (unpaired) electrons. The van der Waals surface area contributed by atoms with Crippen LogP contribution in [0.2, 0.25) is 0 Å². The summed E-state index contributed by atoms with van der Waals surface area (Å²) >= 11 is 1.65. The molecule has 0 aliphatic rings. The second kappa shape index (κ2) is 6.58. The lowest BCUT2D eigenvalue weighted by Crippen LogP contribution is -2.22. The summed E-state index contributed by atoms with van der Waals surface area (Å²) in [6.45, 7) is 6.54. The van der Waals surface area contributed by atoms with Gasteiger partial charge in [-0.15, -0.1) is 11.3 Å². The van der Waals surface area contributed by atoms with Gasteiger partial charge in [-0.2, -0.15) is 0 Å². The first-order valence-corrected chi connectivity index (χ1v) is 7.69. The first-order valence-electron chi connectivity index (χ1n) is 6.87. The molecule has 1 unspecified atom stereocenters. The highest BCUT2D eigenvalue weighted by molar-refractivity contribution is 7.11. The summed E-state index contributed by atoms with van der Waals surface area (Å²) < 4.78 is 0. The highest BCUT2D eigenvalue weighted by atomic mass is 32.1. The number of amides is 1. The van der Waals surface area contributed by atoms with Crippen molar-refractivity contribution in [3.63, 3.8) is 0 Å². The number of carbonyl (C=O) groups excluding carboxylic acids is 1. The second-order valence-electron chi connectivity index (χ2n) is 4.84. The zero-order valence-corrected chi connectivity index (χ0v) is 13.3. The Hall–Kier alpha value is -2.08. The fourth-order valence-corrected chi connectivity index (χ4v) is 2.73. The predicted molar refractivity (Wildman–Crippen MR) is 87.8 cm³/mol. The lowest BCUT2D eigenvalue weighted by Gasteiger charge is -2.15. The minimum Gasteiger partial charge on any atom is -0.397 e. The van der Waals surface area contributed by atoms with Gasteiger partial charge in [-0.3, -0.25) is 4.79 Å². The van der Waals surface area contributed by atoms with Gasteiger partial charge in [-0.25, -0.2) is 4.98 Å². The molecule has 0 aliphatic carbocycles. The van der Waals surface area contributed by atoms with Crippen molar-refractivity contribution in [2.75, 3.05) is 17.6 Å². The zero-order chi connectivity index (χ0) is 15.4. The van der Waals surface area contributed by atoms with E-state index in [-0.39, 0.29) is 11.9 Å². The smallest absolute Gasteiger partial charge is 0.251 e. The molecule has 6 heteroatoms. The minimum absolute atomic E-state index is 0.0375. The van der Waals surface area contributed by atoms with Crippen molar-refractivity contribution in [1.29, 1.82) is 0 Å². The quantitative estimate of drug-likeness (QED) is 0.742. The summed E-state index contributed by atoms with van der Waals surface area (Å²) in [6, 6.07) is 5.28. The van der Waals surface area contributed by atoms with Crippen molar-refractivity contribution in [3.8, 4) is 0 Å². The second-order valence-corrected chi connectivity index (χ2v) is 6.10. The summed E-state index contributed by atoms with van der Waals surface area (Å²) in [5, 5.41) is 7.09. The van der Waals surface area contributed by atoms with Crippen LogP contribution in [0.5, 0.6) is 0 Å². The van der Waals surface area contributed by atoms with E-state index < -0.39 is 0 Å². The van der Waals surface area contributed by atoms with Crippen LogP contribution < -0.4 is 16.4 Å². The van der Waals surface area contributed by atoms with Crippen LogP contribution in [0, 0.1) is 6.92 Å². The first kappa shape index (κ1) is 15.3. The molecule has 0 spiro atoms. The van der Waals surface area contributed by atoms with Gasteiger partial charge in [0.15, 0.2) is 0 Å². The molecule has 2 rings (SSSR count). The highest BCUT2D eigenvalue weighted by Gasteiger charge is 2.13. The van der Waals surface area contributed by atoms with Gasteiger partial charge in [0.25, 0.3) is 5.91 Å². The molecule has 0 fully saturated rings. The monoisotopic (exact) mass is 304 g/mol. The molecule has 1 atom stereocenters. The van der Waals surface area contributed by atoms with Gasteiger partial charge >= 0.3 is 0 Å². The predicted octanol–water partition coefficient (Wildman–Crippen LogP) is 2.96. The van der Waals surface area contributed by atoms with Crippen LogP contribution in [-0.2, 0) is 0 Å². The van der Waals surface area contributed by atoms with Gasteiger partial charge in [0.05, 0.1) is 17.4 Å². The number of nitrogen functional groups attached to an aromatic ring is 1. The van der Waals surface area contributed by atoms with Crippen molar-refractivity contribution in [3.05, 3.63) is 39.8 Å². The summed E-state index contributed by atoms with van der Waals surface area (Å²) in [7, 11) is 0. The van der Waals surface area contributed by atoms with Gasteiger partial charge in [0.2, 0.25) is 0 Å². The number of thiazole rings is 1. The number of aromatic nitrogens is 1. The van der Waals surface area contributed by atoms with Crippen molar-refractivity contribution in [2.45, 2.75) is 26.8 Å². The molecule has 112 valence electrons. The largest absolute Gasteiger partial charge is 0.397 e. The number of rotatable bonds is 5. The van der Waals surface area contributed by atoms with E-state index in [0.29, 0.717) is 17.8 Å². The molecule has 0 saturated carbocycles. The number of nitrogens with one attached hydrogen (secondary N) is 2. The van der Waals surface area contributed by atoms with Crippen LogP contribution in [0.25, 0.3) is 0 Å². The summed E-state index contributed by atoms with van der Waals surface area (Å²) in [4.78, 5) is 17.4. The van der Waals surface area contributed by atoms with Crippen molar-refractivity contribution < 1.29 is 4.79 Å². The number of carbonyl (C=O) groups is 1. The van der Waals surface area contributed by atoms with E-state index in [2.05, 4.69) is 15.6 Å². The third kappa shape index (κ3) is 3.72. The van der Waals surface area contributed by atoms with Gasteiger partial charge in [-0.05, 0) is 39.0 Å². The average molecular weight is 304 g/mol. The molecule has 1 heterocycles. The molecule has 1 aromatic heterocycles. The van der Waals surface area contributed by atoms with E-state index in [9.17, 15) is 4.79 Å². The number of nitrogens with two attached hydrogens (primary N) is 1. The van der Waals surface area contributed by atoms with Gasteiger partial charge in [0.1, 0.15) is 5.01 Å². The lowest BCUT2D eigenvalue weighted by molar-refractivity contribution is 0.0956. The molecule has 1 aromatic carbocycles. The Kier molecular flexibility index (Phi) is 4.80. The SMILES string of the molecule is CCNC(=O)c1ccc(N)c(NC(C)c2ncc(C)s2)c1. The molecule has 2 aromatic rings. The van der Waals surface area contributed by atoms with Crippen LogP contribution in [-0.4, -0.2) is 17.4 Å². The molecule has 0 bridgehead atoms. The van der Waals surface area contributed by atoms with E-state index in [4.69, 9.17) is 5.73 Å². The highest BCUT2D eigenvalue weighted by Crippen LogP contribution is 2.27. The fourth-order valence-electron chi connectivity index (χ4n) is 1.95. The van der Waals surface area contributed by atoms with Crippen LogP contribution >= 0.6 is 11.3 Å². The number of nitrogens with zero attached hydrogens (tertiary/aromatic N) is 1. The summed E-state index contributed by atoms with van der Waals surface area (Å²) in [5.74, 6) is -0.0988. The number of aryl methyl sites for hydroxylation is 1. The normalized spacial score (nSPS) is 12.0. The van der Waals surface area contributed by atoms with Crippen LogP contribution in [0.15, 0.2) is 24.4 Å². The Morgan fingerprint density at radius 3 is 2.86 bits per heavy atom. The number of benzene rings is 1. The fraction of sp³-hybridized carbons (Fsp3) is 0.333. The number of anilines is 2. The molecule has 1 amide bonds. The lowest BCUT2D eigenvalue weighted by atomic mass is 10.1. The Bertz CT molecular complexity index is 638. The van der Waals surface area contributed by atoms with Gasteiger partial charge < -0.3 is 16.4 Å². The minimum atomic E-state index is -0.0988. The third-order valence-corrected chi connectivity index (χ3v) is 4.13. The Balaban J connectivity index is 2.19. The Labute approximate surface area is 128 Å². The van der Waals surface area contributed by atoms with E-state index in [1.807, 2.05) is 27.0 Å². The average Bonchev–Trinajstić information content (AvgIpc) is 2.88. The van der Waals surface area contributed by atoms with E-state index >= 15 is 0 Å². The first-order chi connectivity index (χ1) is 10.0.